The number of hydrogen-bond acceptors (Lipinski definition) is 5. The number of hydrogen-bond donors (Lipinski definition) is 1. The maximum atomic E-state index is 12.9. The Bertz CT molecular complexity index is 1390. The fourth-order valence-electron chi connectivity index (χ4n) is 4.00. The molecule has 0 atom stereocenters. The number of anilines is 1. The molecular weight excluding hydrogens is 400 g/mol. The number of nitrogens with one attached hydrogen (secondary N) is 1. The number of imidazole rings is 1. The number of aromatic amines is 1. The number of H-pyrrole nitrogens is 1. The van der Waals surface area contributed by atoms with Crippen LogP contribution < -0.4 is 10.6 Å². The van der Waals surface area contributed by atoms with Gasteiger partial charge in [0.15, 0.2) is 15.5 Å². The molecule has 0 unspecified atom stereocenters. The number of rotatable bonds is 3. The molecule has 0 fully saturated rings. The molecule has 3 heterocycles. The molecule has 152 valence electrons. The van der Waals surface area contributed by atoms with E-state index in [1.54, 1.807) is 30.5 Å². The third-order valence-electron chi connectivity index (χ3n) is 5.39. The van der Waals surface area contributed by atoms with Gasteiger partial charge in [0.2, 0.25) is 0 Å². The van der Waals surface area contributed by atoms with Gasteiger partial charge >= 0.3 is 5.69 Å². The van der Waals surface area contributed by atoms with Crippen LogP contribution in [0.4, 0.5) is 5.69 Å². The Kier molecular flexibility index (Phi) is 4.43. The van der Waals surface area contributed by atoms with Crippen LogP contribution in [0.25, 0.3) is 16.9 Å². The summed E-state index contributed by atoms with van der Waals surface area (Å²) >= 11 is 0. The molecule has 1 aliphatic rings. The molecule has 8 heteroatoms. The third kappa shape index (κ3) is 3.19. The van der Waals surface area contributed by atoms with Crippen LogP contribution >= 0.6 is 0 Å². The summed E-state index contributed by atoms with van der Waals surface area (Å²) in [5.41, 5.74) is 3.16. The Morgan fingerprint density at radius 1 is 1.03 bits per heavy atom. The van der Waals surface area contributed by atoms with Gasteiger partial charge in [-0.15, -0.1) is 0 Å². The third-order valence-corrected chi connectivity index (χ3v) is 7.23. The van der Waals surface area contributed by atoms with Gasteiger partial charge in [0.05, 0.1) is 27.5 Å². The van der Waals surface area contributed by atoms with E-state index in [4.69, 9.17) is 0 Å². The summed E-state index contributed by atoms with van der Waals surface area (Å²) in [4.78, 5) is 22.0. The number of aromatic nitrogens is 3. The van der Waals surface area contributed by atoms with Gasteiger partial charge in [-0.25, -0.2) is 18.2 Å². The molecule has 7 nitrogen and oxygen atoms in total. The molecule has 0 saturated heterocycles. The van der Waals surface area contributed by atoms with Crippen LogP contribution in [-0.2, 0) is 16.4 Å². The molecule has 30 heavy (non-hydrogen) atoms. The second kappa shape index (κ2) is 7.14. The highest BCUT2D eigenvalue weighted by Gasteiger charge is 2.27. The Balaban J connectivity index is 1.68. The number of sulfone groups is 1. The predicted octanol–water partition coefficient (Wildman–Crippen LogP) is 2.90. The molecule has 2 aromatic heterocycles. The van der Waals surface area contributed by atoms with Gasteiger partial charge in [-0.2, -0.15) is 0 Å². The highest BCUT2D eigenvalue weighted by molar-refractivity contribution is 7.91. The van der Waals surface area contributed by atoms with Gasteiger partial charge < -0.3 is 4.90 Å². The van der Waals surface area contributed by atoms with E-state index in [2.05, 4.69) is 14.9 Å². The Morgan fingerprint density at radius 3 is 2.70 bits per heavy atom. The molecule has 0 bridgehead atoms. The lowest BCUT2D eigenvalue weighted by atomic mass is 10.1. The van der Waals surface area contributed by atoms with Crippen molar-refractivity contribution in [1.29, 1.82) is 0 Å². The van der Waals surface area contributed by atoms with Gasteiger partial charge in [0, 0.05) is 19.3 Å². The lowest BCUT2D eigenvalue weighted by Crippen LogP contribution is -2.24. The first-order chi connectivity index (χ1) is 14.5. The Hall–Kier alpha value is -3.39. The maximum absolute atomic E-state index is 12.9. The van der Waals surface area contributed by atoms with Crippen molar-refractivity contribution < 1.29 is 8.42 Å². The second-order valence-corrected chi connectivity index (χ2v) is 9.45. The van der Waals surface area contributed by atoms with E-state index in [0.717, 1.165) is 5.56 Å². The number of benzene rings is 2. The van der Waals surface area contributed by atoms with Crippen molar-refractivity contribution >= 4 is 26.7 Å². The van der Waals surface area contributed by atoms with Gasteiger partial charge in [-0.05, 0) is 42.3 Å². The minimum atomic E-state index is -3.39. The predicted molar refractivity (Wildman–Crippen MR) is 116 cm³/mol. The Morgan fingerprint density at radius 2 is 1.87 bits per heavy atom. The van der Waals surface area contributed by atoms with Crippen LogP contribution in [-0.4, -0.2) is 35.3 Å². The zero-order chi connectivity index (χ0) is 20.7. The molecule has 0 spiro atoms. The summed E-state index contributed by atoms with van der Waals surface area (Å²) < 4.78 is 27.2. The quantitative estimate of drug-likeness (QED) is 0.551. The van der Waals surface area contributed by atoms with Gasteiger partial charge in [-0.1, -0.05) is 30.3 Å². The molecule has 5 rings (SSSR count). The van der Waals surface area contributed by atoms with Crippen LogP contribution in [0.5, 0.6) is 0 Å². The molecule has 0 radical (unpaired) electrons. The highest BCUT2D eigenvalue weighted by Crippen LogP contribution is 2.33. The first-order valence-electron chi connectivity index (χ1n) is 9.75. The van der Waals surface area contributed by atoms with Crippen LogP contribution in [0.3, 0.4) is 0 Å². The molecule has 1 N–H and O–H groups in total. The van der Waals surface area contributed by atoms with E-state index in [1.165, 1.54) is 4.57 Å². The second-order valence-electron chi connectivity index (χ2n) is 7.37. The van der Waals surface area contributed by atoms with Crippen molar-refractivity contribution in [3.63, 3.8) is 0 Å². The van der Waals surface area contributed by atoms with Gasteiger partial charge in [-0.3, -0.25) is 9.55 Å². The van der Waals surface area contributed by atoms with Crippen molar-refractivity contribution in [3.05, 3.63) is 82.9 Å². The summed E-state index contributed by atoms with van der Waals surface area (Å²) in [6.07, 6.45) is 2.17. The topological polar surface area (TPSA) is 88.1 Å². The molecule has 0 amide bonds. The lowest BCUT2D eigenvalue weighted by Gasteiger charge is -2.25. The monoisotopic (exact) mass is 420 g/mol. The van der Waals surface area contributed by atoms with Gasteiger partial charge in [0.1, 0.15) is 0 Å². The fourth-order valence-corrected chi connectivity index (χ4v) is 5.51. The lowest BCUT2D eigenvalue weighted by molar-refractivity contribution is 0.596. The number of fused-ring (bicyclic) bond motifs is 2. The molecule has 0 aliphatic carbocycles. The van der Waals surface area contributed by atoms with E-state index in [9.17, 15) is 13.2 Å². The molecule has 0 saturated carbocycles. The normalized spacial score (nSPS) is 15.7. The van der Waals surface area contributed by atoms with Crippen LogP contribution in [0, 0.1) is 0 Å². The van der Waals surface area contributed by atoms with E-state index in [0.29, 0.717) is 46.9 Å². The van der Waals surface area contributed by atoms with Crippen molar-refractivity contribution in [2.75, 3.05) is 17.2 Å². The van der Waals surface area contributed by atoms with Crippen molar-refractivity contribution in [1.82, 2.24) is 14.5 Å². The van der Waals surface area contributed by atoms with Crippen LogP contribution in [0.1, 0.15) is 12.0 Å². The summed E-state index contributed by atoms with van der Waals surface area (Å²) in [7, 11) is -3.39. The zero-order valence-corrected chi connectivity index (χ0v) is 17.0. The Labute approximate surface area is 173 Å². The molecule has 2 aromatic carbocycles. The zero-order valence-electron chi connectivity index (χ0n) is 16.2. The summed E-state index contributed by atoms with van der Waals surface area (Å²) in [6, 6.07) is 18.6. The van der Waals surface area contributed by atoms with E-state index in [-0.39, 0.29) is 11.4 Å². The number of nitrogens with zero attached hydrogens (tertiary/aromatic N) is 3. The molecule has 1 aliphatic heterocycles. The smallest absolute Gasteiger partial charge is 0.332 e. The van der Waals surface area contributed by atoms with Crippen molar-refractivity contribution in [3.8, 4) is 5.69 Å². The highest BCUT2D eigenvalue weighted by atomic mass is 32.2. The maximum Gasteiger partial charge on any atom is 0.332 e. The summed E-state index contributed by atoms with van der Waals surface area (Å²) in [6.45, 7) is 1.21. The van der Waals surface area contributed by atoms with Gasteiger partial charge in [0.25, 0.3) is 0 Å². The summed E-state index contributed by atoms with van der Waals surface area (Å²) in [5, 5.41) is 0. The SMILES string of the molecule is O=c1[nH]c2ncccc2n1-c1ccc2c(c1)N(Cc1ccccc1)CCCS2(=O)=O. The first-order valence-corrected chi connectivity index (χ1v) is 11.4. The fraction of sp³-hybridized carbons (Fsp3) is 0.182. The van der Waals surface area contributed by atoms with Crippen molar-refractivity contribution in [2.24, 2.45) is 0 Å². The van der Waals surface area contributed by atoms with E-state index < -0.39 is 9.84 Å². The average Bonchev–Trinajstić information content (AvgIpc) is 3.02. The standard InChI is InChI=1S/C22H20N4O3S/c27-22-24-21-18(8-4-11-23-21)26(22)17-9-10-20-19(14-17)25(12-5-13-30(20,28)29)15-16-6-2-1-3-7-16/h1-4,6-11,14H,5,12-13,15H2,(H,23,24,27). The minimum Gasteiger partial charge on any atom is -0.366 e. The number of pyridine rings is 1. The van der Waals surface area contributed by atoms with Crippen LogP contribution in [0.15, 0.2) is 76.6 Å². The molecule has 4 aromatic rings. The van der Waals surface area contributed by atoms with E-state index in [1.807, 2.05) is 36.4 Å². The average molecular weight is 420 g/mol. The largest absolute Gasteiger partial charge is 0.366 e. The summed E-state index contributed by atoms with van der Waals surface area (Å²) in [5.74, 6) is 0.113. The van der Waals surface area contributed by atoms with Crippen LogP contribution in [0.2, 0.25) is 0 Å². The molecular formula is C22H20N4O3S. The van der Waals surface area contributed by atoms with E-state index >= 15 is 0 Å². The van der Waals surface area contributed by atoms with Crippen molar-refractivity contribution in [2.45, 2.75) is 17.9 Å². The minimum absolute atomic E-state index is 0.113. The first kappa shape index (κ1) is 18.6.